The van der Waals surface area contributed by atoms with Gasteiger partial charge in [0.05, 0.1) is 22.6 Å². The molecule has 0 unspecified atom stereocenters. The number of aryl methyl sites for hydroxylation is 2. The molecule has 230 valence electrons. The van der Waals surface area contributed by atoms with Crippen LogP contribution in [-0.4, -0.2) is 56.3 Å². The van der Waals surface area contributed by atoms with Crippen LogP contribution >= 0.6 is 0 Å². The summed E-state index contributed by atoms with van der Waals surface area (Å²) >= 11 is 0. The second kappa shape index (κ2) is 14.6. The molecule has 0 aliphatic rings. The molecule has 0 spiro atoms. The zero-order valence-electron chi connectivity index (χ0n) is 25.1. The Morgan fingerprint density at radius 2 is 1.67 bits per heavy atom. The topological polar surface area (TPSA) is 139 Å². The predicted molar refractivity (Wildman–Crippen MR) is 164 cm³/mol. The zero-order valence-corrected chi connectivity index (χ0v) is 25.9. The van der Waals surface area contributed by atoms with Crippen LogP contribution in [0.25, 0.3) is 0 Å². The lowest BCUT2D eigenvalue weighted by atomic mass is 10.1. The van der Waals surface area contributed by atoms with Gasteiger partial charge in [-0.1, -0.05) is 44.2 Å². The van der Waals surface area contributed by atoms with Gasteiger partial charge in [-0.3, -0.25) is 24.0 Å². The number of nitro benzene ring substituents is 1. The molecular formula is C31H38N4O7S. The van der Waals surface area contributed by atoms with Gasteiger partial charge in [-0.2, -0.15) is 0 Å². The van der Waals surface area contributed by atoms with Crippen LogP contribution in [0, 0.1) is 24.0 Å². The molecule has 12 heteroatoms. The van der Waals surface area contributed by atoms with Crippen LogP contribution in [0.5, 0.6) is 5.75 Å². The number of methoxy groups -OCH3 is 1. The number of hydrogen-bond acceptors (Lipinski definition) is 7. The Morgan fingerprint density at radius 3 is 2.26 bits per heavy atom. The van der Waals surface area contributed by atoms with Crippen LogP contribution in [0.2, 0.25) is 0 Å². The Balaban J connectivity index is 2.12. The average Bonchev–Trinajstić information content (AvgIpc) is 2.99. The Morgan fingerprint density at radius 1 is 1.00 bits per heavy atom. The summed E-state index contributed by atoms with van der Waals surface area (Å²) in [6.07, 6.45) is 1.01. The smallest absolute Gasteiger partial charge is 0.273 e. The third-order valence-corrected chi connectivity index (χ3v) is 8.91. The molecule has 1 atom stereocenters. The van der Waals surface area contributed by atoms with Crippen molar-refractivity contribution in [2.24, 2.45) is 0 Å². The normalized spacial score (nSPS) is 11.8. The van der Waals surface area contributed by atoms with Gasteiger partial charge in [0.1, 0.15) is 18.3 Å². The number of amides is 2. The van der Waals surface area contributed by atoms with E-state index < -0.39 is 33.4 Å². The van der Waals surface area contributed by atoms with E-state index in [1.165, 1.54) is 43.2 Å². The number of ether oxygens (including phenoxy) is 1. The summed E-state index contributed by atoms with van der Waals surface area (Å²) in [5, 5.41) is 14.5. The van der Waals surface area contributed by atoms with Gasteiger partial charge in [-0.25, -0.2) is 8.42 Å². The van der Waals surface area contributed by atoms with E-state index >= 15 is 0 Å². The first-order chi connectivity index (χ1) is 20.4. The molecule has 3 rings (SSSR count). The summed E-state index contributed by atoms with van der Waals surface area (Å²) in [7, 11) is -3.01. The number of benzene rings is 3. The van der Waals surface area contributed by atoms with Gasteiger partial charge in [0.15, 0.2) is 0 Å². The lowest BCUT2D eigenvalue weighted by Crippen LogP contribution is -2.52. The summed E-state index contributed by atoms with van der Waals surface area (Å²) in [5.74, 6) is -0.472. The van der Waals surface area contributed by atoms with E-state index in [0.717, 1.165) is 21.5 Å². The van der Waals surface area contributed by atoms with E-state index in [1.54, 1.807) is 19.1 Å². The summed E-state index contributed by atoms with van der Waals surface area (Å²) in [6.45, 7) is 6.98. The number of carbonyl (C=O) groups excluding carboxylic acids is 2. The summed E-state index contributed by atoms with van der Waals surface area (Å²) in [4.78, 5) is 39.4. The highest BCUT2D eigenvalue weighted by molar-refractivity contribution is 7.92. The van der Waals surface area contributed by atoms with Gasteiger partial charge in [-0.05, 0) is 68.1 Å². The SMILES string of the molecule is CCCNC(=O)[C@H](CC)N(Cc1ccccc1C)C(=O)CN(c1ccc(OC)cc1)S(=O)(=O)c1ccc(C)c([N+](=O)[O-])c1. The molecule has 11 nitrogen and oxygen atoms in total. The highest BCUT2D eigenvalue weighted by Gasteiger charge is 2.34. The largest absolute Gasteiger partial charge is 0.497 e. The minimum atomic E-state index is -4.48. The minimum Gasteiger partial charge on any atom is -0.497 e. The Hall–Kier alpha value is -4.45. The Labute approximate surface area is 252 Å². The first-order valence-corrected chi connectivity index (χ1v) is 15.4. The van der Waals surface area contributed by atoms with Crippen molar-refractivity contribution < 1.29 is 27.7 Å². The molecule has 3 aromatic rings. The van der Waals surface area contributed by atoms with Gasteiger partial charge in [0.2, 0.25) is 11.8 Å². The van der Waals surface area contributed by atoms with Crippen LogP contribution in [0.15, 0.2) is 71.6 Å². The molecular weight excluding hydrogens is 572 g/mol. The molecule has 0 fully saturated rings. The van der Waals surface area contributed by atoms with Gasteiger partial charge < -0.3 is 15.0 Å². The van der Waals surface area contributed by atoms with Crippen molar-refractivity contribution in [3.8, 4) is 5.75 Å². The number of hydrogen-bond donors (Lipinski definition) is 1. The Bertz CT molecular complexity index is 1560. The maximum atomic E-state index is 14.2. The molecule has 0 heterocycles. The van der Waals surface area contributed by atoms with Gasteiger partial charge in [0, 0.05) is 24.7 Å². The van der Waals surface area contributed by atoms with Crippen LogP contribution < -0.4 is 14.4 Å². The van der Waals surface area contributed by atoms with Crippen LogP contribution in [-0.2, 0) is 26.2 Å². The first-order valence-electron chi connectivity index (χ1n) is 14.0. The van der Waals surface area contributed by atoms with Crippen LogP contribution in [0.3, 0.4) is 0 Å². The molecule has 0 saturated heterocycles. The zero-order chi connectivity index (χ0) is 31.7. The number of nitrogens with zero attached hydrogens (tertiary/aromatic N) is 3. The molecule has 43 heavy (non-hydrogen) atoms. The average molecular weight is 611 g/mol. The van der Waals surface area contributed by atoms with E-state index in [2.05, 4.69) is 5.32 Å². The monoisotopic (exact) mass is 610 g/mol. The number of nitro groups is 1. The third kappa shape index (κ3) is 7.89. The van der Waals surface area contributed by atoms with Gasteiger partial charge in [-0.15, -0.1) is 0 Å². The van der Waals surface area contributed by atoms with Crippen molar-refractivity contribution >= 4 is 33.2 Å². The molecule has 0 aliphatic heterocycles. The fraction of sp³-hybridized carbons (Fsp3) is 0.355. The van der Waals surface area contributed by atoms with Crippen LogP contribution in [0.4, 0.5) is 11.4 Å². The molecule has 0 saturated carbocycles. The number of nitrogens with one attached hydrogen (secondary N) is 1. The number of carbonyl (C=O) groups is 2. The van der Waals surface area contributed by atoms with E-state index in [-0.39, 0.29) is 28.7 Å². The highest BCUT2D eigenvalue weighted by Crippen LogP contribution is 2.29. The van der Waals surface area contributed by atoms with Crippen molar-refractivity contribution in [1.82, 2.24) is 10.2 Å². The fourth-order valence-corrected chi connectivity index (χ4v) is 6.04. The minimum absolute atomic E-state index is 0.0794. The second-order valence-corrected chi connectivity index (χ2v) is 11.9. The Kier molecular flexibility index (Phi) is 11.2. The third-order valence-electron chi connectivity index (χ3n) is 7.14. The van der Waals surface area contributed by atoms with E-state index in [0.29, 0.717) is 30.7 Å². The predicted octanol–water partition coefficient (Wildman–Crippen LogP) is 4.75. The quantitative estimate of drug-likeness (QED) is 0.205. The van der Waals surface area contributed by atoms with Gasteiger partial charge >= 0.3 is 0 Å². The number of anilines is 1. The lowest BCUT2D eigenvalue weighted by Gasteiger charge is -2.33. The maximum absolute atomic E-state index is 14.2. The summed E-state index contributed by atoms with van der Waals surface area (Å²) < 4.78 is 34.3. The van der Waals surface area contributed by atoms with Crippen molar-refractivity contribution in [3.63, 3.8) is 0 Å². The van der Waals surface area contributed by atoms with Gasteiger partial charge in [0.25, 0.3) is 15.7 Å². The van der Waals surface area contributed by atoms with Crippen molar-refractivity contribution in [2.45, 2.75) is 58.0 Å². The lowest BCUT2D eigenvalue weighted by molar-refractivity contribution is -0.385. The summed E-state index contributed by atoms with van der Waals surface area (Å²) in [6, 6.07) is 16.3. The molecule has 0 radical (unpaired) electrons. The van der Waals surface area contributed by atoms with Crippen LogP contribution in [0.1, 0.15) is 43.4 Å². The number of rotatable bonds is 14. The molecule has 3 aromatic carbocycles. The molecule has 0 aromatic heterocycles. The first kappa shape index (κ1) is 33.1. The molecule has 2 amide bonds. The maximum Gasteiger partial charge on any atom is 0.273 e. The standard InChI is InChI=1S/C31H38N4O7S/c1-6-18-32-31(37)28(7-2)33(20-24-11-9-8-10-22(24)3)30(36)21-34(25-13-15-26(42-5)16-14-25)43(40,41)27-17-12-23(4)29(19-27)35(38)39/h8-17,19,28H,6-7,18,20-21H2,1-5H3,(H,32,37)/t28-/m0/s1. The molecule has 1 N–H and O–H groups in total. The highest BCUT2D eigenvalue weighted by atomic mass is 32.2. The van der Waals surface area contributed by atoms with E-state index in [4.69, 9.17) is 4.74 Å². The second-order valence-electron chi connectivity index (χ2n) is 10.1. The van der Waals surface area contributed by atoms with E-state index in [9.17, 15) is 28.1 Å². The van der Waals surface area contributed by atoms with Crippen molar-refractivity contribution in [2.75, 3.05) is 24.5 Å². The van der Waals surface area contributed by atoms with Crippen molar-refractivity contribution in [3.05, 3.63) is 93.5 Å². The summed E-state index contributed by atoms with van der Waals surface area (Å²) in [5.41, 5.74) is 1.81. The van der Waals surface area contributed by atoms with Crippen molar-refractivity contribution in [1.29, 1.82) is 0 Å². The molecule has 0 bridgehead atoms. The number of sulfonamides is 1. The van der Waals surface area contributed by atoms with E-state index in [1.807, 2.05) is 38.1 Å². The fourth-order valence-electron chi connectivity index (χ4n) is 4.61. The molecule has 0 aliphatic carbocycles.